The van der Waals surface area contributed by atoms with Crippen LogP contribution in [0.25, 0.3) is 0 Å². The van der Waals surface area contributed by atoms with E-state index in [0.717, 1.165) is 56.6 Å². The minimum absolute atomic E-state index is 0.0368. The summed E-state index contributed by atoms with van der Waals surface area (Å²) in [4.78, 5) is 21.1. The Balaban J connectivity index is 1.47. The van der Waals surface area contributed by atoms with Gasteiger partial charge in [0.2, 0.25) is 5.91 Å². The number of hydrogen-bond donors (Lipinski definition) is 2. The smallest absolute Gasteiger partial charge is 0.225 e. The molecule has 8 heteroatoms. The normalized spacial score (nSPS) is 15.0. The van der Waals surface area contributed by atoms with Gasteiger partial charge in [0.15, 0.2) is 5.96 Å². The van der Waals surface area contributed by atoms with Crippen LogP contribution in [0.15, 0.2) is 47.6 Å². The van der Waals surface area contributed by atoms with Gasteiger partial charge in [0.1, 0.15) is 0 Å². The van der Waals surface area contributed by atoms with Gasteiger partial charge in [-0.25, -0.2) is 0 Å². The summed E-state index contributed by atoms with van der Waals surface area (Å²) in [6, 6.07) is 12.1. The predicted octanol–water partition coefficient (Wildman–Crippen LogP) is 1.89. The zero-order valence-electron chi connectivity index (χ0n) is 18.8. The van der Waals surface area contributed by atoms with Crippen molar-refractivity contribution in [3.05, 3.63) is 53.9 Å². The van der Waals surface area contributed by atoms with Gasteiger partial charge in [-0.3, -0.25) is 14.7 Å². The van der Waals surface area contributed by atoms with Crippen molar-refractivity contribution in [2.24, 2.45) is 12.0 Å². The number of aromatic nitrogens is 1. The fraction of sp³-hybridized carbons (Fsp3) is 0.478. The third-order valence-corrected chi connectivity index (χ3v) is 5.44. The number of aliphatic imine (C=N–C) groups is 1. The minimum Gasteiger partial charge on any atom is -0.379 e. The average Bonchev–Trinajstić information content (AvgIpc) is 3.18. The molecule has 1 aliphatic rings. The first-order valence-electron chi connectivity index (χ1n) is 10.8. The van der Waals surface area contributed by atoms with Gasteiger partial charge in [0, 0.05) is 71.3 Å². The van der Waals surface area contributed by atoms with Crippen LogP contribution in [0.3, 0.4) is 0 Å². The van der Waals surface area contributed by atoms with E-state index >= 15 is 0 Å². The number of anilines is 1. The fourth-order valence-electron chi connectivity index (χ4n) is 3.61. The van der Waals surface area contributed by atoms with E-state index in [-0.39, 0.29) is 5.91 Å². The predicted molar refractivity (Wildman–Crippen MR) is 124 cm³/mol. The summed E-state index contributed by atoms with van der Waals surface area (Å²) in [5, 5.41) is 6.42. The quantitative estimate of drug-likeness (QED) is 0.498. The Morgan fingerprint density at radius 1 is 1.23 bits per heavy atom. The maximum atomic E-state index is 12.3. The van der Waals surface area contributed by atoms with Crippen molar-refractivity contribution < 1.29 is 9.53 Å². The number of nitrogens with zero attached hydrogens (tertiary/aromatic N) is 4. The minimum atomic E-state index is 0.0368. The third kappa shape index (κ3) is 7.11. The first kappa shape index (κ1) is 22.8. The van der Waals surface area contributed by atoms with Crippen molar-refractivity contribution >= 4 is 17.6 Å². The second-order valence-electron chi connectivity index (χ2n) is 7.82. The number of ether oxygens (including phenoxy) is 1. The van der Waals surface area contributed by atoms with Crippen LogP contribution in [-0.4, -0.2) is 73.2 Å². The summed E-state index contributed by atoms with van der Waals surface area (Å²) in [5.41, 5.74) is 3.12. The van der Waals surface area contributed by atoms with Gasteiger partial charge >= 0.3 is 0 Å². The molecule has 1 aromatic carbocycles. The van der Waals surface area contributed by atoms with Crippen LogP contribution in [0.5, 0.6) is 0 Å². The number of guanidine groups is 1. The van der Waals surface area contributed by atoms with Gasteiger partial charge in [-0.2, -0.15) is 0 Å². The van der Waals surface area contributed by atoms with E-state index in [1.807, 2.05) is 50.6 Å². The number of benzene rings is 1. The summed E-state index contributed by atoms with van der Waals surface area (Å²) >= 11 is 0. The van der Waals surface area contributed by atoms with E-state index in [4.69, 9.17) is 4.74 Å². The summed E-state index contributed by atoms with van der Waals surface area (Å²) < 4.78 is 7.45. The van der Waals surface area contributed by atoms with Crippen molar-refractivity contribution in [2.75, 3.05) is 52.3 Å². The number of hydrogen-bond acceptors (Lipinski definition) is 4. The standard InChI is InChI=1S/C23H34N6O2/c1-24-23(28(3)18-21-8-5-10-27(21)2)25-17-19-6-4-7-20(16-19)26-22(30)9-11-29-12-14-31-15-13-29/h4-8,10,16H,9,11-15,17-18H2,1-3H3,(H,24,25)(H,26,30). The third-order valence-electron chi connectivity index (χ3n) is 5.44. The lowest BCUT2D eigenvalue weighted by atomic mass is 10.2. The van der Waals surface area contributed by atoms with Crippen molar-refractivity contribution in [3.63, 3.8) is 0 Å². The second kappa shape index (κ2) is 11.5. The van der Waals surface area contributed by atoms with Crippen LogP contribution in [0.1, 0.15) is 17.7 Å². The first-order chi connectivity index (χ1) is 15.0. The van der Waals surface area contributed by atoms with E-state index < -0.39 is 0 Å². The average molecular weight is 427 g/mol. The molecule has 8 nitrogen and oxygen atoms in total. The van der Waals surface area contributed by atoms with E-state index in [1.165, 1.54) is 5.69 Å². The molecule has 0 saturated carbocycles. The van der Waals surface area contributed by atoms with Gasteiger partial charge in [-0.1, -0.05) is 12.1 Å². The second-order valence-corrected chi connectivity index (χ2v) is 7.82. The molecule has 31 heavy (non-hydrogen) atoms. The molecule has 0 atom stereocenters. The molecule has 168 valence electrons. The van der Waals surface area contributed by atoms with Crippen molar-refractivity contribution in [3.8, 4) is 0 Å². The Kier molecular flexibility index (Phi) is 8.49. The highest BCUT2D eigenvalue weighted by atomic mass is 16.5. The topological polar surface area (TPSA) is 74.1 Å². The van der Waals surface area contributed by atoms with Crippen LogP contribution in [0.4, 0.5) is 5.69 Å². The van der Waals surface area contributed by atoms with E-state index in [9.17, 15) is 4.79 Å². The lowest BCUT2D eigenvalue weighted by Gasteiger charge is -2.26. The Labute approximate surface area is 184 Å². The largest absolute Gasteiger partial charge is 0.379 e. The molecule has 1 aliphatic heterocycles. The molecular formula is C23H34N6O2. The highest BCUT2D eigenvalue weighted by Gasteiger charge is 2.12. The molecule has 0 bridgehead atoms. The Morgan fingerprint density at radius 2 is 2.03 bits per heavy atom. The van der Waals surface area contributed by atoms with Crippen LogP contribution in [0, 0.1) is 0 Å². The number of carbonyl (C=O) groups is 1. The molecule has 3 rings (SSSR count). The molecule has 2 aromatic rings. The summed E-state index contributed by atoms with van der Waals surface area (Å²) in [6.07, 6.45) is 2.53. The van der Waals surface area contributed by atoms with Crippen LogP contribution in [-0.2, 0) is 29.7 Å². The van der Waals surface area contributed by atoms with Crippen molar-refractivity contribution in [1.29, 1.82) is 0 Å². The number of carbonyl (C=O) groups excluding carboxylic acids is 1. The lowest BCUT2D eigenvalue weighted by molar-refractivity contribution is -0.116. The van der Waals surface area contributed by atoms with Gasteiger partial charge in [-0.05, 0) is 29.8 Å². The molecule has 0 radical (unpaired) electrons. The Morgan fingerprint density at radius 3 is 2.74 bits per heavy atom. The molecule has 0 unspecified atom stereocenters. The molecule has 1 aromatic heterocycles. The van der Waals surface area contributed by atoms with Gasteiger partial charge in [-0.15, -0.1) is 0 Å². The zero-order chi connectivity index (χ0) is 22.1. The number of amides is 1. The van der Waals surface area contributed by atoms with Gasteiger partial charge < -0.3 is 24.8 Å². The van der Waals surface area contributed by atoms with E-state index in [0.29, 0.717) is 13.0 Å². The summed E-state index contributed by atoms with van der Waals surface area (Å²) in [5.74, 6) is 0.857. The lowest BCUT2D eigenvalue weighted by Crippen LogP contribution is -2.38. The summed E-state index contributed by atoms with van der Waals surface area (Å²) in [6.45, 7) is 5.45. The molecule has 2 N–H and O–H groups in total. The highest BCUT2D eigenvalue weighted by molar-refractivity contribution is 5.90. The SMILES string of the molecule is CN=C(NCc1cccc(NC(=O)CCN2CCOCC2)c1)N(C)Cc1cccn1C. The molecular weight excluding hydrogens is 392 g/mol. The van der Waals surface area contributed by atoms with E-state index in [1.54, 1.807) is 7.05 Å². The first-order valence-corrected chi connectivity index (χ1v) is 10.8. The molecule has 1 saturated heterocycles. The number of nitrogens with one attached hydrogen (secondary N) is 2. The van der Waals surface area contributed by atoms with Gasteiger partial charge in [0.05, 0.1) is 19.8 Å². The maximum Gasteiger partial charge on any atom is 0.225 e. The molecule has 0 aliphatic carbocycles. The van der Waals surface area contributed by atoms with E-state index in [2.05, 4.69) is 36.1 Å². The fourth-order valence-corrected chi connectivity index (χ4v) is 3.61. The molecule has 1 fully saturated rings. The number of morpholine rings is 1. The van der Waals surface area contributed by atoms with Crippen LogP contribution >= 0.6 is 0 Å². The molecule has 1 amide bonds. The highest BCUT2D eigenvalue weighted by Crippen LogP contribution is 2.12. The number of rotatable bonds is 8. The van der Waals surface area contributed by atoms with Crippen LogP contribution < -0.4 is 10.6 Å². The van der Waals surface area contributed by atoms with Gasteiger partial charge in [0.25, 0.3) is 0 Å². The monoisotopic (exact) mass is 426 g/mol. The molecule has 0 spiro atoms. The molecule has 2 heterocycles. The number of aryl methyl sites for hydroxylation is 1. The van der Waals surface area contributed by atoms with Crippen molar-refractivity contribution in [2.45, 2.75) is 19.5 Å². The van der Waals surface area contributed by atoms with Crippen LogP contribution in [0.2, 0.25) is 0 Å². The Bertz CT molecular complexity index is 872. The zero-order valence-corrected chi connectivity index (χ0v) is 18.8. The van der Waals surface area contributed by atoms with Crippen molar-refractivity contribution in [1.82, 2.24) is 19.7 Å². The maximum absolute atomic E-state index is 12.3. The summed E-state index contributed by atoms with van der Waals surface area (Å²) in [7, 11) is 5.85. The Hall–Kier alpha value is -2.84.